The molecular weight excluding hydrogens is 318 g/mol. The van der Waals surface area contributed by atoms with Gasteiger partial charge in [-0.2, -0.15) is 0 Å². The van der Waals surface area contributed by atoms with Crippen LogP contribution in [0.5, 0.6) is 5.75 Å². The lowest BCUT2D eigenvalue weighted by atomic mass is 10.1. The van der Waals surface area contributed by atoms with Crippen molar-refractivity contribution in [2.75, 3.05) is 25.0 Å². The molecule has 1 fully saturated rings. The van der Waals surface area contributed by atoms with Crippen LogP contribution in [0.3, 0.4) is 0 Å². The average molecular weight is 345 g/mol. The summed E-state index contributed by atoms with van der Waals surface area (Å²) in [6.45, 7) is 0.508. The van der Waals surface area contributed by atoms with Crippen molar-refractivity contribution in [3.8, 4) is 5.75 Å². The zero-order valence-electron chi connectivity index (χ0n) is 14.8. The molecule has 2 aliphatic rings. The van der Waals surface area contributed by atoms with Crippen molar-refractivity contribution in [1.29, 1.82) is 0 Å². The molecule has 1 atom stereocenters. The molecule has 0 saturated heterocycles. The Morgan fingerprint density at radius 2 is 1.88 bits per heavy atom. The zero-order chi connectivity index (χ0) is 17.8. The number of carbonyl (C=O) groups is 2. The van der Waals surface area contributed by atoms with Crippen molar-refractivity contribution in [3.63, 3.8) is 0 Å². The number of benzene rings is 1. The van der Waals surface area contributed by atoms with Gasteiger partial charge in [0, 0.05) is 6.04 Å². The number of anilines is 1. The molecule has 1 unspecified atom stereocenters. The van der Waals surface area contributed by atoms with Gasteiger partial charge in [-0.05, 0) is 32.0 Å². The second-order valence-corrected chi connectivity index (χ2v) is 7.04. The number of nitrogens with two attached hydrogens (primary N) is 1. The molecule has 0 radical (unpaired) electrons. The molecule has 1 saturated carbocycles. The van der Waals surface area contributed by atoms with Crippen LogP contribution >= 0.6 is 0 Å². The van der Waals surface area contributed by atoms with E-state index in [4.69, 9.17) is 10.5 Å². The molecular formula is C19H27N3O3. The Balaban J connectivity index is 1.72. The highest BCUT2D eigenvalue weighted by Crippen LogP contribution is 2.33. The Morgan fingerprint density at radius 3 is 2.56 bits per heavy atom. The maximum Gasteiger partial charge on any atom is 0.260 e. The Labute approximate surface area is 148 Å². The minimum Gasteiger partial charge on any atom is -0.477 e. The SMILES string of the molecule is CN(CC(=O)N1CC(C(N)=O)Oc2ccccc21)C1CCCCCC1. The van der Waals surface area contributed by atoms with E-state index in [2.05, 4.69) is 4.90 Å². The van der Waals surface area contributed by atoms with Crippen LogP contribution in [0.1, 0.15) is 38.5 Å². The molecule has 2 amide bonds. The highest BCUT2D eigenvalue weighted by atomic mass is 16.5. The van der Waals surface area contributed by atoms with Crippen molar-refractivity contribution in [3.05, 3.63) is 24.3 Å². The molecule has 1 aromatic rings. The van der Waals surface area contributed by atoms with Gasteiger partial charge in [-0.25, -0.2) is 0 Å². The molecule has 1 aliphatic heterocycles. The van der Waals surface area contributed by atoms with Crippen molar-refractivity contribution < 1.29 is 14.3 Å². The quantitative estimate of drug-likeness (QED) is 0.846. The van der Waals surface area contributed by atoms with Gasteiger partial charge in [0.2, 0.25) is 5.91 Å². The third-order valence-electron chi connectivity index (χ3n) is 5.22. The van der Waals surface area contributed by atoms with Crippen LogP contribution in [0.25, 0.3) is 0 Å². The van der Waals surface area contributed by atoms with Gasteiger partial charge in [-0.3, -0.25) is 14.5 Å². The number of rotatable bonds is 4. The van der Waals surface area contributed by atoms with Crippen LogP contribution in [-0.2, 0) is 9.59 Å². The van der Waals surface area contributed by atoms with Gasteiger partial charge in [-0.1, -0.05) is 37.8 Å². The van der Waals surface area contributed by atoms with E-state index >= 15 is 0 Å². The van der Waals surface area contributed by atoms with Crippen LogP contribution in [0, 0.1) is 0 Å². The van der Waals surface area contributed by atoms with Gasteiger partial charge >= 0.3 is 0 Å². The molecule has 0 spiro atoms. The molecule has 6 nitrogen and oxygen atoms in total. The molecule has 136 valence electrons. The van der Waals surface area contributed by atoms with E-state index in [0.717, 1.165) is 12.8 Å². The molecule has 25 heavy (non-hydrogen) atoms. The van der Waals surface area contributed by atoms with Crippen LogP contribution in [-0.4, -0.2) is 49.0 Å². The Hall–Kier alpha value is -2.08. The van der Waals surface area contributed by atoms with Crippen molar-refractivity contribution in [2.45, 2.75) is 50.7 Å². The van der Waals surface area contributed by atoms with Crippen LogP contribution in [0.15, 0.2) is 24.3 Å². The molecule has 6 heteroatoms. The number of nitrogens with zero attached hydrogens (tertiary/aromatic N) is 2. The molecule has 3 rings (SSSR count). The highest BCUT2D eigenvalue weighted by molar-refractivity contribution is 5.98. The number of fused-ring (bicyclic) bond motifs is 1. The molecule has 0 bridgehead atoms. The maximum atomic E-state index is 12.9. The van der Waals surface area contributed by atoms with E-state index in [1.165, 1.54) is 25.7 Å². The molecule has 2 N–H and O–H groups in total. The summed E-state index contributed by atoms with van der Waals surface area (Å²) in [7, 11) is 2.02. The molecule has 1 heterocycles. The summed E-state index contributed by atoms with van der Waals surface area (Å²) in [5.74, 6) is -0.0406. The lowest BCUT2D eigenvalue weighted by Gasteiger charge is -2.35. The summed E-state index contributed by atoms with van der Waals surface area (Å²) in [5, 5.41) is 0. The van der Waals surface area contributed by atoms with E-state index in [0.29, 0.717) is 24.0 Å². The monoisotopic (exact) mass is 345 g/mol. The largest absolute Gasteiger partial charge is 0.477 e. The number of ether oxygens (including phenoxy) is 1. The second-order valence-electron chi connectivity index (χ2n) is 7.04. The van der Waals surface area contributed by atoms with Crippen molar-refractivity contribution >= 4 is 17.5 Å². The van der Waals surface area contributed by atoms with Gasteiger partial charge in [-0.15, -0.1) is 0 Å². The summed E-state index contributed by atoms with van der Waals surface area (Å²) in [4.78, 5) is 28.3. The average Bonchev–Trinajstić information content (AvgIpc) is 2.90. The highest BCUT2D eigenvalue weighted by Gasteiger charge is 2.33. The van der Waals surface area contributed by atoms with Gasteiger partial charge in [0.15, 0.2) is 6.10 Å². The Bertz CT molecular complexity index is 626. The van der Waals surface area contributed by atoms with Gasteiger partial charge in [0.25, 0.3) is 5.91 Å². The Kier molecular flexibility index (Phi) is 5.58. The van der Waals surface area contributed by atoms with Crippen LogP contribution < -0.4 is 15.4 Å². The minimum absolute atomic E-state index is 0.0197. The third-order valence-corrected chi connectivity index (χ3v) is 5.22. The van der Waals surface area contributed by atoms with Gasteiger partial charge in [0.1, 0.15) is 5.75 Å². The van der Waals surface area contributed by atoms with Gasteiger partial charge < -0.3 is 15.4 Å². The fraction of sp³-hybridized carbons (Fsp3) is 0.579. The Morgan fingerprint density at radius 1 is 1.20 bits per heavy atom. The summed E-state index contributed by atoms with van der Waals surface area (Å²) < 4.78 is 5.63. The smallest absolute Gasteiger partial charge is 0.260 e. The first-order valence-corrected chi connectivity index (χ1v) is 9.12. The number of primary amides is 1. The van der Waals surface area contributed by atoms with Gasteiger partial charge in [0.05, 0.1) is 18.8 Å². The van der Waals surface area contributed by atoms with Crippen molar-refractivity contribution in [1.82, 2.24) is 4.90 Å². The summed E-state index contributed by atoms with van der Waals surface area (Å²) in [6, 6.07) is 7.75. The lowest BCUT2D eigenvalue weighted by molar-refractivity contribution is -0.125. The summed E-state index contributed by atoms with van der Waals surface area (Å²) in [5.41, 5.74) is 6.12. The van der Waals surface area contributed by atoms with E-state index in [1.54, 1.807) is 11.0 Å². The van der Waals surface area contributed by atoms with E-state index in [1.807, 2.05) is 25.2 Å². The van der Waals surface area contributed by atoms with Crippen molar-refractivity contribution in [2.24, 2.45) is 5.73 Å². The van der Waals surface area contributed by atoms with E-state index in [9.17, 15) is 9.59 Å². The number of likely N-dealkylation sites (N-methyl/N-ethyl adjacent to an activating group) is 1. The molecule has 1 aliphatic carbocycles. The second kappa shape index (κ2) is 7.87. The zero-order valence-corrected chi connectivity index (χ0v) is 14.8. The first kappa shape index (κ1) is 17.7. The number of amides is 2. The first-order chi connectivity index (χ1) is 12.1. The third kappa shape index (κ3) is 4.12. The fourth-order valence-electron chi connectivity index (χ4n) is 3.75. The minimum atomic E-state index is -0.804. The number of carbonyl (C=O) groups excluding carboxylic acids is 2. The van der Waals surface area contributed by atoms with Crippen LogP contribution in [0.4, 0.5) is 5.69 Å². The number of hydrogen-bond acceptors (Lipinski definition) is 4. The van der Waals surface area contributed by atoms with E-state index < -0.39 is 12.0 Å². The van der Waals surface area contributed by atoms with Crippen LogP contribution in [0.2, 0.25) is 0 Å². The summed E-state index contributed by atoms with van der Waals surface area (Å²) in [6.07, 6.45) is 6.52. The maximum absolute atomic E-state index is 12.9. The number of para-hydroxylation sites is 2. The molecule has 0 aromatic heterocycles. The summed E-state index contributed by atoms with van der Waals surface area (Å²) >= 11 is 0. The standard InChI is InChI=1S/C19H27N3O3/c1-21(14-8-4-2-3-5-9-14)13-18(23)22-12-17(19(20)24)25-16-11-7-6-10-15(16)22/h6-7,10-11,14,17H,2-5,8-9,12-13H2,1H3,(H2,20,24). The lowest BCUT2D eigenvalue weighted by Crippen LogP contribution is -2.52. The topological polar surface area (TPSA) is 75.9 Å². The number of hydrogen-bond donors (Lipinski definition) is 1. The fourth-order valence-corrected chi connectivity index (χ4v) is 3.75. The predicted octanol–water partition coefficient (Wildman–Crippen LogP) is 1.92. The first-order valence-electron chi connectivity index (χ1n) is 9.12. The predicted molar refractivity (Wildman–Crippen MR) is 96.5 cm³/mol. The normalized spacial score (nSPS) is 21.4. The molecule has 1 aromatic carbocycles. The van der Waals surface area contributed by atoms with E-state index in [-0.39, 0.29) is 12.5 Å².